The number of rotatable bonds is 11. The average Bonchev–Trinajstić information content (AvgIpc) is 2.97. The van der Waals surface area contributed by atoms with E-state index in [-0.39, 0.29) is 30.5 Å². The van der Waals surface area contributed by atoms with Crippen LogP contribution >= 0.6 is 22.6 Å². The molecule has 0 aliphatic carbocycles. The zero-order chi connectivity index (χ0) is 20.7. The van der Waals surface area contributed by atoms with Gasteiger partial charge in [0.05, 0.1) is 37.8 Å². The molecule has 2 saturated heterocycles. The third-order valence-electron chi connectivity index (χ3n) is 5.14. The number of hydrogen-bond acceptors (Lipinski definition) is 6. The van der Waals surface area contributed by atoms with E-state index in [0.29, 0.717) is 19.3 Å². The fourth-order valence-corrected chi connectivity index (χ4v) is 4.50. The van der Waals surface area contributed by atoms with Crippen molar-refractivity contribution in [1.29, 1.82) is 0 Å². The highest BCUT2D eigenvalue weighted by Crippen LogP contribution is 2.32. The van der Waals surface area contributed by atoms with Crippen molar-refractivity contribution in [1.82, 2.24) is 0 Å². The van der Waals surface area contributed by atoms with Crippen LogP contribution in [0, 0.1) is 5.92 Å². The predicted octanol–water partition coefficient (Wildman–Crippen LogP) is 4.34. The molecule has 0 saturated carbocycles. The highest BCUT2D eigenvalue weighted by Gasteiger charge is 2.31. The van der Waals surface area contributed by atoms with Crippen LogP contribution in [0.3, 0.4) is 0 Å². The molecule has 2 aliphatic rings. The van der Waals surface area contributed by atoms with E-state index in [4.69, 9.17) is 18.4 Å². The van der Waals surface area contributed by atoms with Gasteiger partial charge in [0.25, 0.3) is 10.1 Å². The molecule has 0 radical (unpaired) electrons. The van der Waals surface area contributed by atoms with Gasteiger partial charge < -0.3 is 14.2 Å². The molecular weight excluding hydrogens is 495 g/mol. The monoisotopic (exact) mass is 528 g/mol. The van der Waals surface area contributed by atoms with Crippen LogP contribution in [-0.2, 0) is 28.5 Å². The van der Waals surface area contributed by atoms with Gasteiger partial charge in [-0.15, -0.1) is 0 Å². The quantitative estimate of drug-likeness (QED) is 0.226. The molecule has 0 spiro atoms. The van der Waals surface area contributed by atoms with Crippen molar-refractivity contribution in [2.75, 3.05) is 19.5 Å². The Morgan fingerprint density at radius 2 is 1.96 bits per heavy atom. The Labute approximate surface area is 183 Å². The van der Waals surface area contributed by atoms with Gasteiger partial charge in [-0.2, -0.15) is 8.42 Å². The minimum Gasteiger partial charge on any atom is -0.370 e. The normalized spacial score (nSPS) is 26.3. The van der Waals surface area contributed by atoms with Gasteiger partial charge in [-0.05, 0) is 76.2 Å². The third-order valence-corrected chi connectivity index (χ3v) is 6.82. The summed E-state index contributed by atoms with van der Waals surface area (Å²) in [5.41, 5.74) is 1.07. The number of hydrogen-bond donors (Lipinski definition) is 0. The largest absolute Gasteiger partial charge is 0.370 e. The van der Waals surface area contributed by atoms with Crippen LogP contribution in [0.4, 0.5) is 0 Å². The molecule has 0 amide bonds. The third kappa shape index (κ3) is 8.79. The molecule has 162 valence electrons. The maximum Gasteiger partial charge on any atom is 0.264 e. The first-order valence-electron chi connectivity index (χ1n) is 9.93. The van der Waals surface area contributed by atoms with E-state index >= 15 is 0 Å². The molecule has 0 unspecified atom stereocenters. The summed E-state index contributed by atoms with van der Waals surface area (Å²) in [6.45, 7) is 11.7. The maximum atomic E-state index is 11.6. The first-order chi connectivity index (χ1) is 13.1. The summed E-state index contributed by atoms with van der Waals surface area (Å²) in [6, 6.07) is 0. The number of ether oxygens (including phenoxy) is 3. The second-order valence-electron chi connectivity index (χ2n) is 7.79. The Bertz CT molecular complexity index is 629. The summed E-state index contributed by atoms with van der Waals surface area (Å²) in [6.07, 6.45) is 6.06. The molecular formula is C20H33IO6S. The molecule has 0 aromatic heterocycles. The van der Waals surface area contributed by atoms with Crippen molar-refractivity contribution in [2.45, 2.75) is 76.5 Å². The van der Waals surface area contributed by atoms with E-state index in [0.717, 1.165) is 54.3 Å². The van der Waals surface area contributed by atoms with E-state index in [1.54, 1.807) is 0 Å². The smallest absolute Gasteiger partial charge is 0.264 e. The molecule has 0 N–H and O–H groups in total. The van der Waals surface area contributed by atoms with Gasteiger partial charge in [0.2, 0.25) is 0 Å². The fourth-order valence-electron chi connectivity index (χ4n) is 3.58. The predicted molar refractivity (Wildman–Crippen MR) is 118 cm³/mol. The Kier molecular flexibility index (Phi) is 9.89. The minimum atomic E-state index is -3.51. The molecule has 0 bridgehead atoms. The van der Waals surface area contributed by atoms with E-state index in [1.807, 2.05) is 6.92 Å². The highest BCUT2D eigenvalue weighted by molar-refractivity contribution is 14.1. The molecule has 0 aromatic carbocycles. The van der Waals surface area contributed by atoms with E-state index in [1.165, 1.54) is 0 Å². The number of allylic oxidation sites excluding steroid dienone is 1. The molecule has 4 atom stereocenters. The lowest BCUT2D eigenvalue weighted by atomic mass is 9.97. The Hall–Kier alpha value is 0. The van der Waals surface area contributed by atoms with Crippen LogP contribution in [0.15, 0.2) is 22.3 Å². The first-order valence-corrected chi connectivity index (χ1v) is 12.8. The van der Waals surface area contributed by atoms with Crippen LogP contribution in [-0.4, -0.2) is 52.5 Å². The summed E-state index contributed by atoms with van der Waals surface area (Å²) in [5.74, 6) is 0.184. The van der Waals surface area contributed by atoms with Crippen molar-refractivity contribution >= 4 is 32.7 Å². The topological polar surface area (TPSA) is 71.1 Å². The summed E-state index contributed by atoms with van der Waals surface area (Å²) in [7, 11) is -3.51. The molecule has 28 heavy (non-hydrogen) atoms. The zero-order valence-corrected chi connectivity index (χ0v) is 19.9. The van der Waals surface area contributed by atoms with Crippen LogP contribution in [0.25, 0.3) is 0 Å². The molecule has 2 heterocycles. The fraction of sp³-hybridized carbons (Fsp3) is 0.800. The Morgan fingerprint density at radius 1 is 1.29 bits per heavy atom. The van der Waals surface area contributed by atoms with Crippen molar-refractivity contribution in [3.8, 4) is 0 Å². The van der Waals surface area contributed by atoms with Gasteiger partial charge in [0.15, 0.2) is 6.29 Å². The average molecular weight is 528 g/mol. The van der Waals surface area contributed by atoms with Gasteiger partial charge in [0.1, 0.15) is 0 Å². The van der Waals surface area contributed by atoms with E-state index < -0.39 is 10.1 Å². The second kappa shape index (κ2) is 11.4. The van der Waals surface area contributed by atoms with E-state index in [2.05, 4.69) is 35.7 Å². The lowest BCUT2D eigenvalue weighted by Crippen LogP contribution is -2.26. The van der Waals surface area contributed by atoms with Gasteiger partial charge in [-0.3, -0.25) is 4.18 Å². The lowest BCUT2D eigenvalue weighted by Gasteiger charge is -2.24. The van der Waals surface area contributed by atoms with Crippen LogP contribution in [0.2, 0.25) is 0 Å². The van der Waals surface area contributed by atoms with E-state index in [9.17, 15) is 8.42 Å². The van der Waals surface area contributed by atoms with Crippen LogP contribution in [0.1, 0.15) is 51.9 Å². The van der Waals surface area contributed by atoms with Gasteiger partial charge in [-0.25, -0.2) is 0 Å². The van der Waals surface area contributed by atoms with Gasteiger partial charge in [0, 0.05) is 6.42 Å². The highest BCUT2D eigenvalue weighted by atomic mass is 127. The molecule has 6 nitrogen and oxygen atoms in total. The van der Waals surface area contributed by atoms with Crippen molar-refractivity contribution < 1.29 is 26.8 Å². The van der Waals surface area contributed by atoms with Crippen molar-refractivity contribution in [3.05, 3.63) is 22.3 Å². The zero-order valence-electron chi connectivity index (χ0n) is 16.9. The Morgan fingerprint density at radius 3 is 2.57 bits per heavy atom. The van der Waals surface area contributed by atoms with Gasteiger partial charge >= 0.3 is 0 Å². The summed E-state index contributed by atoms with van der Waals surface area (Å²) in [4.78, 5) is 0. The first kappa shape index (κ1) is 24.3. The molecule has 2 aliphatic heterocycles. The van der Waals surface area contributed by atoms with Crippen molar-refractivity contribution in [3.63, 3.8) is 0 Å². The summed E-state index contributed by atoms with van der Waals surface area (Å²) in [5, 5.41) is 0. The van der Waals surface area contributed by atoms with Gasteiger partial charge in [-0.1, -0.05) is 20.1 Å². The minimum absolute atomic E-state index is 0.0537. The SMILES string of the molecule is C=C(I)[C@H](C)C[C@@H](CC[C@@H]1O[C@@H](CCC2OCCCO2)CC1=C)OS(C)(=O)=O. The maximum absolute atomic E-state index is 11.6. The second-order valence-corrected chi connectivity index (χ2v) is 10.8. The molecule has 0 aromatic rings. The number of halogens is 1. The summed E-state index contributed by atoms with van der Waals surface area (Å²) < 4.78 is 46.9. The van der Waals surface area contributed by atoms with Crippen molar-refractivity contribution in [2.24, 2.45) is 5.92 Å². The Balaban J connectivity index is 1.80. The molecule has 2 rings (SSSR count). The summed E-state index contributed by atoms with van der Waals surface area (Å²) >= 11 is 2.18. The van der Waals surface area contributed by atoms with Crippen LogP contribution in [0.5, 0.6) is 0 Å². The van der Waals surface area contributed by atoms with Crippen LogP contribution < -0.4 is 0 Å². The lowest BCUT2D eigenvalue weighted by molar-refractivity contribution is -0.184. The standard InChI is InChI=1S/C20H33IO6S/c1-14(16(3)21)12-18(27-28(4,22)23)6-8-19-15(2)13-17(26-19)7-9-20-24-10-5-11-25-20/h14,17-20H,2-3,5-13H2,1,4H3/t14-,17+,18-,19+/m1/s1. The molecule has 2 fully saturated rings. The molecule has 8 heteroatoms.